The van der Waals surface area contributed by atoms with E-state index < -0.39 is 0 Å². The highest BCUT2D eigenvalue weighted by Crippen LogP contribution is 2.04. The number of carbonyl (C=O) groups is 1. The Morgan fingerprint density at radius 1 is 1.71 bits per heavy atom. The Morgan fingerprint density at radius 3 is 3.29 bits per heavy atom. The van der Waals surface area contributed by atoms with E-state index in [1.807, 2.05) is 6.92 Å². The van der Waals surface area contributed by atoms with Gasteiger partial charge in [-0.25, -0.2) is 0 Å². The maximum Gasteiger partial charge on any atom is 0.239 e. The van der Waals surface area contributed by atoms with E-state index in [0.717, 1.165) is 13.1 Å². The first-order valence-electron chi connectivity index (χ1n) is 5.65. The van der Waals surface area contributed by atoms with E-state index in [-0.39, 0.29) is 12.0 Å². The van der Waals surface area contributed by atoms with Crippen LogP contribution in [0.25, 0.3) is 0 Å². The molecule has 1 aromatic rings. The first-order valence-corrected chi connectivity index (χ1v) is 5.65. The second-order valence-electron chi connectivity index (χ2n) is 4.07. The number of hydrogen-bond donors (Lipinski definition) is 1. The number of aromatic nitrogens is 2. The van der Waals surface area contributed by atoms with Crippen LogP contribution < -0.4 is 5.32 Å². The molecule has 6 nitrogen and oxygen atoms in total. The smallest absolute Gasteiger partial charge is 0.239 e. The van der Waals surface area contributed by atoms with Crippen molar-refractivity contribution < 1.29 is 9.53 Å². The molecule has 1 aromatic heterocycles. The quantitative estimate of drug-likeness (QED) is 0.808. The van der Waals surface area contributed by atoms with Gasteiger partial charge < -0.3 is 10.1 Å². The van der Waals surface area contributed by atoms with Gasteiger partial charge in [-0.2, -0.15) is 5.10 Å². The predicted molar refractivity (Wildman–Crippen MR) is 62.5 cm³/mol. The molecule has 0 saturated carbocycles. The van der Waals surface area contributed by atoms with Gasteiger partial charge in [0, 0.05) is 19.3 Å². The van der Waals surface area contributed by atoms with Gasteiger partial charge in [0.05, 0.1) is 19.3 Å². The zero-order valence-electron chi connectivity index (χ0n) is 9.80. The molecule has 1 saturated heterocycles. The van der Waals surface area contributed by atoms with Crippen LogP contribution in [0.5, 0.6) is 0 Å². The number of rotatable bonds is 3. The minimum Gasteiger partial charge on any atom is -0.376 e. The Morgan fingerprint density at radius 2 is 2.59 bits per heavy atom. The van der Waals surface area contributed by atoms with Gasteiger partial charge >= 0.3 is 0 Å². The lowest BCUT2D eigenvalue weighted by Crippen LogP contribution is -2.44. The third-order valence-corrected chi connectivity index (χ3v) is 2.53. The van der Waals surface area contributed by atoms with Gasteiger partial charge in [-0.1, -0.05) is 0 Å². The van der Waals surface area contributed by atoms with Gasteiger partial charge in [-0.3, -0.25) is 9.69 Å². The van der Waals surface area contributed by atoms with Gasteiger partial charge in [-0.05, 0) is 19.1 Å². The van der Waals surface area contributed by atoms with Crippen molar-refractivity contribution in [1.82, 2.24) is 15.1 Å². The summed E-state index contributed by atoms with van der Waals surface area (Å²) >= 11 is 0. The van der Waals surface area contributed by atoms with Crippen LogP contribution in [0.3, 0.4) is 0 Å². The van der Waals surface area contributed by atoms with Crippen LogP contribution in [0, 0.1) is 0 Å². The number of hydrogen-bond acceptors (Lipinski definition) is 5. The molecule has 92 valence electrons. The third kappa shape index (κ3) is 3.76. The SMILES string of the molecule is C[C@@H]1CN(CC(=O)Nc2cccnn2)CCO1. The van der Waals surface area contributed by atoms with E-state index >= 15 is 0 Å². The van der Waals surface area contributed by atoms with E-state index in [9.17, 15) is 4.79 Å². The average molecular weight is 236 g/mol. The van der Waals surface area contributed by atoms with Gasteiger partial charge in [0.25, 0.3) is 0 Å². The summed E-state index contributed by atoms with van der Waals surface area (Å²) in [5.41, 5.74) is 0. The van der Waals surface area contributed by atoms with E-state index in [1.165, 1.54) is 0 Å². The lowest BCUT2D eigenvalue weighted by atomic mass is 10.3. The topological polar surface area (TPSA) is 67.4 Å². The van der Waals surface area contributed by atoms with Crippen molar-refractivity contribution in [2.45, 2.75) is 13.0 Å². The predicted octanol–water partition coefficient (Wildman–Crippen LogP) is 0.136. The molecular formula is C11H16N4O2. The van der Waals surface area contributed by atoms with Crippen LogP contribution in [0.2, 0.25) is 0 Å². The van der Waals surface area contributed by atoms with Gasteiger partial charge in [0.1, 0.15) is 0 Å². The zero-order chi connectivity index (χ0) is 12.1. The summed E-state index contributed by atoms with van der Waals surface area (Å²) in [7, 11) is 0. The highest BCUT2D eigenvalue weighted by Gasteiger charge is 2.18. The molecule has 1 atom stereocenters. The standard InChI is InChI=1S/C11H16N4O2/c1-9-7-15(5-6-17-9)8-11(16)13-10-3-2-4-12-14-10/h2-4,9H,5-8H2,1H3,(H,13,14,16)/t9-/m1/s1. The molecule has 6 heteroatoms. The summed E-state index contributed by atoms with van der Waals surface area (Å²) in [6, 6.07) is 3.45. The number of nitrogens with zero attached hydrogens (tertiary/aromatic N) is 3. The molecule has 2 rings (SSSR count). The van der Waals surface area contributed by atoms with Crippen molar-refractivity contribution in [3.05, 3.63) is 18.3 Å². The van der Waals surface area contributed by atoms with Crippen LogP contribution in [-0.2, 0) is 9.53 Å². The number of nitrogens with one attached hydrogen (secondary N) is 1. The van der Waals surface area contributed by atoms with Crippen LogP contribution in [0.1, 0.15) is 6.92 Å². The molecule has 0 aliphatic carbocycles. The van der Waals surface area contributed by atoms with Gasteiger partial charge in [0.2, 0.25) is 5.91 Å². The molecule has 0 radical (unpaired) electrons. The minimum absolute atomic E-state index is 0.0698. The fraction of sp³-hybridized carbons (Fsp3) is 0.545. The third-order valence-electron chi connectivity index (χ3n) is 2.53. The molecule has 0 unspecified atom stereocenters. The molecule has 0 bridgehead atoms. The Hall–Kier alpha value is -1.53. The van der Waals surface area contributed by atoms with E-state index in [4.69, 9.17) is 4.74 Å². The largest absolute Gasteiger partial charge is 0.376 e. The number of anilines is 1. The van der Waals surface area contributed by atoms with E-state index in [2.05, 4.69) is 20.4 Å². The first kappa shape index (κ1) is 11.9. The van der Waals surface area contributed by atoms with E-state index in [1.54, 1.807) is 18.3 Å². The maximum absolute atomic E-state index is 11.7. The van der Waals surface area contributed by atoms with Crippen molar-refractivity contribution in [1.29, 1.82) is 0 Å². The molecule has 1 fully saturated rings. The summed E-state index contributed by atoms with van der Waals surface area (Å²) < 4.78 is 5.41. The van der Waals surface area contributed by atoms with E-state index in [0.29, 0.717) is 19.0 Å². The highest BCUT2D eigenvalue weighted by molar-refractivity contribution is 5.91. The Balaban J connectivity index is 1.81. The molecule has 2 heterocycles. The second-order valence-corrected chi connectivity index (χ2v) is 4.07. The normalized spacial score (nSPS) is 21.1. The molecule has 0 spiro atoms. The van der Waals surface area contributed by atoms with Crippen molar-refractivity contribution >= 4 is 11.7 Å². The number of ether oxygens (including phenoxy) is 1. The molecule has 1 aliphatic rings. The first-order chi connectivity index (χ1) is 8.24. The van der Waals surface area contributed by atoms with Crippen LogP contribution in [0.15, 0.2) is 18.3 Å². The fourth-order valence-electron chi connectivity index (χ4n) is 1.79. The summed E-state index contributed by atoms with van der Waals surface area (Å²) in [5.74, 6) is 0.415. The van der Waals surface area contributed by atoms with Crippen molar-refractivity contribution in [2.24, 2.45) is 0 Å². The monoisotopic (exact) mass is 236 g/mol. The number of carbonyl (C=O) groups excluding carboxylic acids is 1. The lowest BCUT2D eigenvalue weighted by Gasteiger charge is -2.30. The summed E-state index contributed by atoms with van der Waals surface area (Å²) in [6.45, 7) is 4.63. The van der Waals surface area contributed by atoms with Crippen molar-refractivity contribution in [3.63, 3.8) is 0 Å². The maximum atomic E-state index is 11.7. The molecule has 0 aromatic carbocycles. The Labute approximate surface area is 100.0 Å². The van der Waals surface area contributed by atoms with Crippen LogP contribution in [-0.4, -0.2) is 53.3 Å². The Kier molecular flexibility index (Phi) is 4.00. The van der Waals surface area contributed by atoms with Gasteiger partial charge in [0.15, 0.2) is 5.82 Å². The molecular weight excluding hydrogens is 220 g/mol. The highest BCUT2D eigenvalue weighted by atomic mass is 16.5. The minimum atomic E-state index is -0.0698. The molecule has 1 amide bonds. The van der Waals surface area contributed by atoms with Crippen LogP contribution in [0.4, 0.5) is 5.82 Å². The van der Waals surface area contributed by atoms with Crippen molar-refractivity contribution in [2.75, 3.05) is 31.6 Å². The Bertz CT molecular complexity index is 371. The number of morpholine rings is 1. The molecule has 1 aliphatic heterocycles. The number of amides is 1. The summed E-state index contributed by atoms with van der Waals surface area (Å²) in [4.78, 5) is 13.8. The molecule has 17 heavy (non-hydrogen) atoms. The average Bonchev–Trinajstić information content (AvgIpc) is 2.30. The summed E-state index contributed by atoms with van der Waals surface area (Å²) in [6.07, 6.45) is 1.76. The second kappa shape index (κ2) is 5.70. The molecule has 1 N–H and O–H groups in total. The lowest BCUT2D eigenvalue weighted by molar-refractivity contribution is -0.119. The van der Waals surface area contributed by atoms with Crippen LogP contribution >= 0.6 is 0 Å². The zero-order valence-corrected chi connectivity index (χ0v) is 9.80. The fourth-order valence-corrected chi connectivity index (χ4v) is 1.79. The van der Waals surface area contributed by atoms with Crippen molar-refractivity contribution in [3.8, 4) is 0 Å². The summed E-state index contributed by atoms with van der Waals surface area (Å²) in [5, 5.41) is 10.2. The van der Waals surface area contributed by atoms with Gasteiger partial charge in [-0.15, -0.1) is 5.10 Å².